The van der Waals surface area contributed by atoms with Gasteiger partial charge in [0.1, 0.15) is 0 Å². The molecular formula is C6H11F3O2. The van der Waals surface area contributed by atoms with Crippen LogP contribution in [0.15, 0.2) is 0 Å². The van der Waals surface area contributed by atoms with Crippen molar-refractivity contribution in [3.05, 3.63) is 0 Å². The molecule has 11 heavy (non-hydrogen) atoms. The third kappa shape index (κ3) is 2.34. The van der Waals surface area contributed by atoms with Crippen LogP contribution in [0.3, 0.4) is 0 Å². The lowest BCUT2D eigenvalue weighted by Gasteiger charge is -2.27. The number of aliphatic hydroxyl groups is 1. The summed E-state index contributed by atoms with van der Waals surface area (Å²) in [5.41, 5.74) is -3.01. The Morgan fingerprint density at radius 1 is 1.36 bits per heavy atom. The van der Waals surface area contributed by atoms with Gasteiger partial charge in [0, 0.05) is 0 Å². The molecule has 1 unspecified atom stereocenters. The zero-order chi connectivity index (χ0) is 9.12. The van der Waals surface area contributed by atoms with Crippen LogP contribution in [0.25, 0.3) is 0 Å². The van der Waals surface area contributed by atoms with E-state index in [0.717, 1.165) is 0 Å². The Hall–Kier alpha value is -0.290. The van der Waals surface area contributed by atoms with E-state index < -0.39 is 18.4 Å². The molecule has 0 heterocycles. The van der Waals surface area contributed by atoms with Crippen molar-refractivity contribution in [2.75, 3.05) is 13.2 Å². The standard InChI is InChI=1S/C6H11F3O2/c1-3-11-6(8,9)5(2,7)4-10/h10H,3-4H2,1-2H3. The highest BCUT2D eigenvalue weighted by molar-refractivity contribution is 4.81. The van der Waals surface area contributed by atoms with Crippen molar-refractivity contribution in [1.29, 1.82) is 0 Å². The molecule has 0 aromatic carbocycles. The van der Waals surface area contributed by atoms with Crippen molar-refractivity contribution in [2.45, 2.75) is 25.6 Å². The summed E-state index contributed by atoms with van der Waals surface area (Å²) in [6.45, 7) is 0.344. The first-order chi connectivity index (χ1) is 4.87. The van der Waals surface area contributed by atoms with Crippen LogP contribution in [-0.2, 0) is 4.74 Å². The number of alkyl halides is 3. The van der Waals surface area contributed by atoms with Crippen molar-refractivity contribution >= 4 is 0 Å². The Bertz CT molecular complexity index is 125. The molecule has 0 radical (unpaired) electrons. The average Bonchev–Trinajstić information content (AvgIpc) is 1.87. The van der Waals surface area contributed by atoms with Crippen LogP contribution in [0.2, 0.25) is 0 Å². The molecule has 0 aliphatic heterocycles. The van der Waals surface area contributed by atoms with E-state index in [0.29, 0.717) is 6.92 Å². The molecular weight excluding hydrogens is 161 g/mol. The van der Waals surface area contributed by atoms with Crippen molar-refractivity contribution in [3.63, 3.8) is 0 Å². The topological polar surface area (TPSA) is 29.5 Å². The van der Waals surface area contributed by atoms with Crippen molar-refractivity contribution in [2.24, 2.45) is 0 Å². The second-order valence-corrected chi connectivity index (χ2v) is 2.31. The minimum absolute atomic E-state index is 0.299. The summed E-state index contributed by atoms with van der Waals surface area (Å²) in [4.78, 5) is 0. The highest BCUT2D eigenvalue weighted by Gasteiger charge is 2.52. The molecule has 0 saturated carbocycles. The zero-order valence-corrected chi connectivity index (χ0v) is 6.40. The van der Waals surface area contributed by atoms with Crippen LogP contribution in [0.4, 0.5) is 13.2 Å². The Morgan fingerprint density at radius 2 is 1.82 bits per heavy atom. The van der Waals surface area contributed by atoms with Crippen LogP contribution >= 0.6 is 0 Å². The predicted molar refractivity (Wildman–Crippen MR) is 33.2 cm³/mol. The van der Waals surface area contributed by atoms with Crippen LogP contribution in [0, 0.1) is 0 Å². The van der Waals surface area contributed by atoms with Crippen molar-refractivity contribution in [3.8, 4) is 0 Å². The summed E-state index contributed by atoms with van der Waals surface area (Å²) in [6.07, 6.45) is -3.92. The third-order valence-corrected chi connectivity index (χ3v) is 1.23. The molecule has 0 fully saturated rings. The molecule has 68 valence electrons. The molecule has 0 aromatic rings. The largest absolute Gasteiger partial charge is 0.393 e. The lowest BCUT2D eigenvalue weighted by atomic mass is 10.1. The van der Waals surface area contributed by atoms with Gasteiger partial charge in [0.2, 0.25) is 5.67 Å². The first kappa shape index (κ1) is 10.7. The maximum absolute atomic E-state index is 12.7. The molecule has 0 saturated heterocycles. The van der Waals surface area contributed by atoms with Gasteiger partial charge in [-0.3, -0.25) is 0 Å². The van der Waals surface area contributed by atoms with Gasteiger partial charge in [0.25, 0.3) is 0 Å². The van der Waals surface area contributed by atoms with Crippen molar-refractivity contribution < 1.29 is 23.0 Å². The van der Waals surface area contributed by atoms with Gasteiger partial charge in [-0.2, -0.15) is 8.78 Å². The molecule has 2 nitrogen and oxygen atoms in total. The van der Waals surface area contributed by atoms with E-state index >= 15 is 0 Å². The van der Waals surface area contributed by atoms with Gasteiger partial charge < -0.3 is 9.84 Å². The van der Waals surface area contributed by atoms with Gasteiger partial charge in [-0.25, -0.2) is 4.39 Å². The number of hydrogen-bond donors (Lipinski definition) is 1. The van der Waals surface area contributed by atoms with Crippen LogP contribution in [0.1, 0.15) is 13.8 Å². The van der Waals surface area contributed by atoms with E-state index in [1.807, 2.05) is 0 Å². The number of aliphatic hydroxyl groups excluding tert-OH is 1. The summed E-state index contributed by atoms with van der Waals surface area (Å²) < 4.78 is 41.4. The Morgan fingerprint density at radius 3 is 2.09 bits per heavy atom. The van der Waals surface area contributed by atoms with E-state index in [-0.39, 0.29) is 6.61 Å². The molecule has 1 atom stereocenters. The highest BCUT2D eigenvalue weighted by Crippen LogP contribution is 2.32. The molecule has 1 N–H and O–H groups in total. The van der Waals surface area contributed by atoms with E-state index in [9.17, 15) is 13.2 Å². The van der Waals surface area contributed by atoms with Crippen LogP contribution in [0.5, 0.6) is 0 Å². The predicted octanol–water partition coefficient (Wildman–Crippen LogP) is 1.34. The molecule has 0 aromatic heterocycles. The summed E-state index contributed by atoms with van der Waals surface area (Å²) >= 11 is 0. The van der Waals surface area contributed by atoms with Crippen LogP contribution in [-0.4, -0.2) is 30.1 Å². The zero-order valence-electron chi connectivity index (χ0n) is 6.40. The second kappa shape index (κ2) is 3.40. The Balaban J connectivity index is 4.26. The number of ether oxygens (including phenoxy) is 1. The SMILES string of the molecule is CCOC(F)(F)C(C)(F)CO. The van der Waals surface area contributed by atoms with Gasteiger partial charge in [0.05, 0.1) is 13.2 Å². The second-order valence-electron chi connectivity index (χ2n) is 2.31. The van der Waals surface area contributed by atoms with Gasteiger partial charge in [0.15, 0.2) is 0 Å². The highest BCUT2D eigenvalue weighted by atomic mass is 19.3. The molecule has 0 aliphatic rings. The quantitative estimate of drug-likeness (QED) is 0.693. The number of hydrogen-bond acceptors (Lipinski definition) is 2. The maximum Gasteiger partial charge on any atom is 0.391 e. The van der Waals surface area contributed by atoms with E-state index in [1.54, 1.807) is 0 Å². The Kier molecular flexibility index (Phi) is 3.31. The number of rotatable bonds is 4. The lowest BCUT2D eigenvalue weighted by Crippen LogP contribution is -2.46. The number of halogens is 3. The van der Waals surface area contributed by atoms with Gasteiger partial charge in [-0.1, -0.05) is 0 Å². The van der Waals surface area contributed by atoms with E-state index in [2.05, 4.69) is 4.74 Å². The molecule has 0 bridgehead atoms. The molecule has 0 rings (SSSR count). The average molecular weight is 172 g/mol. The fourth-order valence-electron chi connectivity index (χ4n) is 0.424. The van der Waals surface area contributed by atoms with E-state index in [4.69, 9.17) is 5.11 Å². The van der Waals surface area contributed by atoms with Gasteiger partial charge >= 0.3 is 6.11 Å². The van der Waals surface area contributed by atoms with E-state index in [1.165, 1.54) is 6.92 Å². The van der Waals surface area contributed by atoms with Crippen molar-refractivity contribution in [1.82, 2.24) is 0 Å². The lowest BCUT2D eigenvalue weighted by molar-refractivity contribution is -0.309. The maximum atomic E-state index is 12.7. The van der Waals surface area contributed by atoms with Gasteiger partial charge in [-0.15, -0.1) is 0 Å². The molecule has 0 aliphatic carbocycles. The summed E-state index contributed by atoms with van der Waals surface area (Å²) in [6, 6.07) is 0. The fraction of sp³-hybridized carbons (Fsp3) is 1.00. The third-order valence-electron chi connectivity index (χ3n) is 1.23. The summed E-state index contributed by atoms with van der Waals surface area (Å²) in [7, 11) is 0. The fourth-order valence-corrected chi connectivity index (χ4v) is 0.424. The Labute approximate surface area is 63.0 Å². The summed E-state index contributed by atoms with van der Waals surface area (Å²) in [5.74, 6) is 0. The van der Waals surface area contributed by atoms with Gasteiger partial charge in [-0.05, 0) is 13.8 Å². The first-order valence-electron chi connectivity index (χ1n) is 3.19. The summed E-state index contributed by atoms with van der Waals surface area (Å²) in [5, 5.41) is 8.22. The monoisotopic (exact) mass is 172 g/mol. The first-order valence-corrected chi connectivity index (χ1v) is 3.19. The molecule has 5 heteroatoms. The molecule has 0 amide bonds. The smallest absolute Gasteiger partial charge is 0.391 e. The normalized spacial score (nSPS) is 18.0. The van der Waals surface area contributed by atoms with Crippen LogP contribution < -0.4 is 0 Å². The minimum Gasteiger partial charge on any atom is -0.393 e. The molecule has 0 spiro atoms. The minimum atomic E-state index is -3.92.